The minimum Gasteiger partial charge on any atom is -0.423 e. The van der Waals surface area contributed by atoms with Crippen molar-refractivity contribution < 1.29 is 19.1 Å². The van der Waals surface area contributed by atoms with Crippen LogP contribution in [0.15, 0.2) is 66.7 Å². The molecule has 0 unspecified atom stereocenters. The molecule has 0 amide bonds. The number of carbonyl (C=O) groups is 2. The van der Waals surface area contributed by atoms with Gasteiger partial charge in [0.1, 0.15) is 11.5 Å². The lowest BCUT2D eigenvalue weighted by molar-refractivity contribution is 0.0730. The molecular formula is C32H32ClNO4. The highest BCUT2D eigenvalue weighted by molar-refractivity contribution is 6.33. The molecular weight excluding hydrogens is 498 g/mol. The number of carbonyl (C=O) groups excluding carboxylic acids is 2. The minimum atomic E-state index is -0.650. The predicted octanol–water partition coefficient (Wildman–Crippen LogP) is 8.50. The van der Waals surface area contributed by atoms with Crippen LogP contribution in [0.4, 0.5) is 0 Å². The first-order valence-electron chi connectivity index (χ1n) is 13.3. The first-order valence-corrected chi connectivity index (χ1v) is 13.7. The molecule has 0 bridgehead atoms. The van der Waals surface area contributed by atoms with Crippen molar-refractivity contribution in [1.82, 2.24) is 0 Å². The fourth-order valence-electron chi connectivity index (χ4n) is 5.01. The molecule has 0 heterocycles. The van der Waals surface area contributed by atoms with E-state index in [2.05, 4.69) is 6.92 Å². The van der Waals surface area contributed by atoms with E-state index in [1.165, 1.54) is 87.3 Å². The van der Waals surface area contributed by atoms with E-state index in [4.69, 9.17) is 26.3 Å². The summed E-state index contributed by atoms with van der Waals surface area (Å²) in [6.07, 6.45) is 10.3. The zero-order valence-corrected chi connectivity index (χ0v) is 22.4. The van der Waals surface area contributed by atoms with Crippen LogP contribution in [0.5, 0.6) is 11.5 Å². The van der Waals surface area contributed by atoms with E-state index in [1.807, 2.05) is 30.3 Å². The van der Waals surface area contributed by atoms with Crippen LogP contribution in [-0.2, 0) is 0 Å². The summed E-state index contributed by atoms with van der Waals surface area (Å²) in [5.41, 5.74) is 2.34. The van der Waals surface area contributed by atoms with Crippen LogP contribution in [0.25, 0.3) is 0 Å². The average molecular weight is 530 g/mol. The summed E-state index contributed by atoms with van der Waals surface area (Å²) in [4.78, 5) is 25.2. The van der Waals surface area contributed by atoms with Gasteiger partial charge in [-0.2, -0.15) is 5.26 Å². The van der Waals surface area contributed by atoms with Crippen molar-refractivity contribution in [2.45, 2.75) is 64.2 Å². The van der Waals surface area contributed by atoms with Gasteiger partial charge in [0.15, 0.2) is 0 Å². The van der Waals surface area contributed by atoms with Gasteiger partial charge in [-0.05, 0) is 91.6 Å². The summed E-state index contributed by atoms with van der Waals surface area (Å²) < 4.78 is 10.8. The fourth-order valence-corrected chi connectivity index (χ4v) is 5.26. The molecule has 0 spiro atoms. The summed E-state index contributed by atoms with van der Waals surface area (Å²) in [6, 6.07) is 20.3. The van der Waals surface area contributed by atoms with Crippen LogP contribution < -0.4 is 9.47 Å². The van der Waals surface area contributed by atoms with E-state index in [0.29, 0.717) is 22.8 Å². The monoisotopic (exact) mass is 529 g/mol. The van der Waals surface area contributed by atoms with Gasteiger partial charge in [0, 0.05) is 6.07 Å². The van der Waals surface area contributed by atoms with E-state index in [-0.39, 0.29) is 16.3 Å². The Morgan fingerprint density at radius 2 is 1.53 bits per heavy atom. The van der Waals surface area contributed by atoms with Crippen LogP contribution >= 0.6 is 11.6 Å². The second-order valence-electron chi connectivity index (χ2n) is 9.89. The Morgan fingerprint density at radius 3 is 2.16 bits per heavy atom. The zero-order valence-electron chi connectivity index (χ0n) is 21.6. The summed E-state index contributed by atoms with van der Waals surface area (Å²) in [5, 5.41) is 8.98. The predicted molar refractivity (Wildman–Crippen MR) is 148 cm³/mol. The normalized spacial score (nSPS) is 16.9. The number of ether oxygens (including phenoxy) is 2. The van der Waals surface area contributed by atoms with Crippen LogP contribution in [-0.4, -0.2) is 11.9 Å². The van der Waals surface area contributed by atoms with Gasteiger partial charge in [-0.3, -0.25) is 0 Å². The smallest absolute Gasteiger partial charge is 0.345 e. The second kappa shape index (κ2) is 13.3. The molecule has 3 aromatic carbocycles. The van der Waals surface area contributed by atoms with Gasteiger partial charge in [-0.15, -0.1) is 0 Å². The number of benzene rings is 3. The van der Waals surface area contributed by atoms with Gasteiger partial charge in [-0.25, -0.2) is 9.59 Å². The van der Waals surface area contributed by atoms with Gasteiger partial charge in [0.2, 0.25) is 0 Å². The maximum Gasteiger partial charge on any atom is 0.345 e. The SMILES string of the molecule is CCCCC[C@H]1CC[C@H](c2ccc(C(=O)Oc3ccc(C(=O)Oc4ccc(C#N)cc4)c(Cl)c3)cc2)CC1. The van der Waals surface area contributed by atoms with Crippen molar-refractivity contribution in [3.8, 4) is 17.6 Å². The molecule has 1 aliphatic rings. The van der Waals surface area contributed by atoms with E-state index >= 15 is 0 Å². The number of esters is 2. The number of hydrogen-bond donors (Lipinski definition) is 0. The maximum atomic E-state index is 12.7. The number of rotatable bonds is 9. The van der Waals surface area contributed by atoms with Gasteiger partial charge < -0.3 is 9.47 Å². The third-order valence-corrected chi connectivity index (χ3v) is 7.56. The molecule has 4 rings (SSSR count). The molecule has 0 N–H and O–H groups in total. The molecule has 0 radical (unpaired) electrons. The number of unbranched alkanes of at least 4 members (excludes halogenated alkanes) is 2. The fraction of sp³-hybridized carbons (Fsp3) is 0.344. The summed E-state index contributed by atoms with van der Waals surface area (Å²) >= 11 is 6.28. The lowest BCUT2D eigenvalue weighted by Gasteiger charge is -2.29. The van der Waals surface area contributed by atoms with Crippen LogP contribution in [0.2, 0.25) is 5.02 Å². The van der Waals surface area contributed by atoms with Gasteiger partial charge in [0.25, 0.3) is 0 Å². The molecule has 38 heavy (non-hydrogen) atoms. The summed E-state index contributed by atoms with van der Waals surface area (Å²) in [5.74, 6) is 0.814. The Morgan fingerprint density at radius 1 is 0.868 bits per heavy atom. The number of hydrogen-bond acceptors (Lipinski definition) is 5. The second-order valence-corrected chi connectivity index (χ2v) is 10.3. The Hall–Kier alpha value is -3.62. The molecule has 3 aromatic rings. The first kappa shape index (κ1) is 27.4. The van der Waals surface area contributed by atoms with Gasteiger partial charge in [0.05, 0.1) is 27.8 Å². The average Bonchev–Trinajstić information content (AvgIpc) is 2.94. The highest BCUT2D eigenvalue weighted by Crippen LogP contribution is 2.38. The summed E-state index contributed by atoms with van der Waals surface area (Å²) in [6.45, 7) is 2.25. The van der Waals surface area contributed by atoms with E-state index in [9.17, 15) is 9.59 Å². The third-order valence-electron chi connectivity index (χ3n) is 7.25. The van der Waals surface area contributed by atoms with Crippen LogP contribution in [0.3, 0.4) is 0 Å². The number of halogens is 1. The quantitative estimate of drug-likeness (QED) is 0.158. The molecule has 5 nitrogen and oxygen atoms in total. The minimum absolute atomic E-state index is 0.106. The highest BCUT2D eigenvalue weighted by atomic mass is 35.5. The Balaban J connectivity index is 1.31. The maximum absolute atomic E-state index is 12.7. The van der Waals surface area contributed by atoms with E-state index in [0.717, 1.165) is 5.92 Å². The van der Waals surface area contributed by atoms with E-state index in [1.54, 1.807) is 12.1 Å². The molecule has 1 saturated carbocycles. The van der Waals surface area contributed by atoms with Crippen molar-refractivity contribution in [3.63, 3.8) is 0 Å². The van der Waals surface area contributed by atoms with Crippen molar-refractivity contribution in [1.29, 1.82) is 5.26 Å². The zero-order chi connectivity index (χ0) is 26.9. The first-order chi connectivity index (χ1) is 18.5. The molecule has 6 heteroatoms. The van der Waals surface area contributed by atoms with Crippen LogP contribution in [0.1, 0.15) is 96.1 Å². The third kappa shape index (κ3) is 7.24. The van der Waals surface area contributed by atoms with Crippen molar-refractivity contribution >= 4 is 23.5 Å². The molecule has 0 aliphatic heterocycles. The summed E-state index contributed by atoms with van der Waals surface area (Å²) in [7, 11) is 0. The molecule has 196 valence electrons. The van der Waals surface area contributed by atoms with Gasteiger partial charge >= 0.3 is 11.9 Å². The van der Waals surface area contributed by atoms with Crippen molar-refractivity contribution in [3.05, 3.63) is 94.0 Å². The molecule has 1 aliphatic carbocycles. The molecule has 0 saturated heterocycles. The lowest BCUT2D eigenvalue weighted by Crippen LogP contribution is -2.14. The number of nitrogens with zero attached hydrogens (tertiary/aromatic N) is 1. The topological polar surface area (TPSA) is 76.4 Å². The Labute approximate surface area is 229 Å². The molecule has 0 atom stereocenters. The highest BCUT2D eigenvalue weighted by Gasteiger charge is 2.22. The standard InChI is InChI=1S/C32H32ClNO4/c1-2-3-4-5-22-6-10-24(11-7-22)25-12-14-26(15-13-25)31(35)38-28-18-19-29(30(33)20-28)32(36)37-27-16-8-23(21-34)9-17-27/h8-9,12-20,22,24H,2-7,10-11H2,1H3/t22-,24-. The number of nitriles is 1. The lowest BCUT2D eigenvalue weighted by atomic mass is 9.77. The Kier molecular flexibility index (Phi) is 9.56. The molecule has 1 fully saturated rings. The Bertz CT molecular complexity index is 1290. The van der Waals surface area contributed by atoms with Gasteiger partial charge in [-0.1, -0.05) is 56.3 Å². The largest absolute Gasteiger partial charge is 0.423 e. The molecule has 0 aromatic heterocycles. The van der Waals surface area contributed by atoms with Crippen molar-refractivity contribution in [2.24, 2.45) is 5.92 Å². The van der Waals surface area contributed by atoms with Crippen LogP contribution in [0, 0.1) is 17.2 Å². The van der Waals surface area contributed by atoms with Crippen molar-refractivity contribution in [2.75, 3.05) is 0 Å². The van der Waals surface area contributed by atoms with E-state index < -0.39 is 11.9 Å².